The molecule has 0 aromatic carbocycles. The molecule has 0 spiro atoms. The molecule has 0 unspecified atom stereocenters. The van der Waals surface area contributed by atoms with Crippen LogP contribution in [0.15, 0.2) is 34.9 Å². The molecular weight excluding hydrogens is 370 g/mol. The largest absolute Gasteiger partial charge is 0.481 e. The molecular formula is C23H35NO5. The molecule has 1 amide bonds. The quantitative estimate of drug-likeness (QED) is 0.413. The average molecular weight is 406 g/mol. The number of allylic oxidation sites excluding steroid dienone is 4. The van der Waals surface area contributed by atoms with Gasteiger partial charge < -0.3 is 15.1 Å². The fraction of sp³-hybridized carbons (Fsp3) is 0.609. The zero-order valence-electron chi connectivity index (χ0n) is 17.9. The number of rotatable bonds is 14. The number of carboxylic acid groups (broad SMARTS) is 2. The summed E-state index contributed by atoms with van der Waals surface area (Å²) in [7, 11) is 0. The number of nitrogens with zero attached hydrogens (tertiary/aromatic N) is 1. The van der Waals surface area contributed by atoms with E-state index in [4.69, 9.17) is 10.2 Å². The molecule has 0 aromatic heterocycles. The summed E-state index contributed by atoms with van der Waals surface area (Å²) in [6, 6.07) is 0. The van der Waals surface area contributed by atoms with Crippen molar-refractivity contribution in [3.05, 3.63) is 34.9 Å². The van der Waals surface area contributed by atoms with Crippen molar-refractivity contribution < 1.29 is 24.6 Å². The van der Waals surface area contributed by atoms with Crippen LogP contribution in [0.1, 0.15) is 72.1 Å². The van der Waals surface area contributed by atoms with E-state index in [9.17, 15) is 14.4 Å². The molecule has 162 valence electrons. The smallest absolute Gasteiger partial charge is 0.323 e. The lowest BCUT2D eigenvalue weighted by atomic mass is 9.98. The molecule has 1 aliphatic heterocycles. The maximum absolute atomic E-state index is 11.7. The summed E-state index contributed by atoms with van der Waals surface area (Å²) in [6.45, 7) is 6.42. The Bertz CT molecular complexity index is 675. The standard InChI is InChI=1S/C23H35NO5/c1-17(9-5-11-19(3)13-22(26)27)7-4-8-18(2)10-6-12-20-14-21(25)24(15-20)16-23(28)29/h7,10,14,19H,4-6,8-9,11-13,15-16H2,1-3H3,(H,26,27)(H,28,29)/b17-7+,18-10+/t19-/m0/s1. The van der Waals surface area contributed by atoms with Gasteiger partial charge in [0.1, 0.15) is 6.54 Å². The Hall–Kier alpha value is -2.37. The van der Waals surface area contributed by atoms with Crippen molar-refractivity contribution in [2.75, 3.05) is 13.1 Å². The molecule has 0 fully saturated rings. The van der Waals surface area contributed by atoms with E-state index in [2.05, 4.69) is 26.0 Å². The van der Waals surface area contributed by atoms with Crippen LogP contribution in [0, 0.1) is 5.92 Å². The van der Waals surface area contributed by atoms with Crippen molar-refractivity contribution in [2.24, 2.45) is 5.92 Å². The summed E-state index contributed by atoms with van der Waals surface area (Å²) in [6.07, 6.45) is 12.9. The van der Waals surface area contributed by atoms with Crippen molar-refractivity contribution in [3.8, 4) is 0 Å². The molecule has 2 N–H and O–H groups in total. The predicted octanol–water partition coefficient (Wildman–Crippen LogP) is 4.57. The number of hydrogen-bond acceptors (Lipinski definition) is 3. The normalized spacial score (nSPS) is 16.2. The second kappa shape index (κ2) is 13.0. The van der Waals surface area contributed by atoms with Crippen molar-refractivity contribution in [1.29, 1.82) is 0 Å². The topological polar surface area (TPSA) is 94.9 Å². The summed E-state index contributed by atoms with van der Waals surface area (Å²) >= 11 is 0. The van der Waals surface area contributed by atoms with Gasteiger partial charge in [0.05, 0.1) is 0 Å². The van der Waals surface area contributed by atoms with Crippen LogP contribution in [-0.4, -0.2) is 46.0 Å². The molecule has 0 aliphatic carbocycles. The highest BCUT2D eigenvalue weighted by Crippen LogP contribution is 2.18. The molecule has 1 atom stereocenters. The van der Waals surface area contributed by atoms with Crippen LogP contribution in [-0.2, 0) is 14.4 Å². The molecule has 0 bridgehead atoms. The van der Waals surface area contributed by atoms with Gasteiger partial charge in [-0.3, -0.25) is 14.4 Å². The monoisotopic (exact) mass is 405 g/mol. The van der Waals surface area contributed by atoms with E-state index in [-0.39, 0.29) is 24.8 Å². The third-order valence-electron chi connectivity index (χ3n) is 5.14. The van der Waals surface area contributed by atoms with Gasteiger partial charge in [0, 0.05) is 19.0 Å². The fourth-order valence-electron chi connectivity index (χ4n) is 3.47. The van der Waals surface area contributed by atoms with Crippen molar-refractivity contribution in [3.63, 3.8) is 0 Å². The van der Waals surface area contributed by atoms with Gasteiger partial charge in [0.15, 0.2) is 0 Å². The Balaban J connectivity index is 2.23. The van der Waals surface area contributed by atoms with Crippen molar-refractivity contribution >= 4 is 17.8 Å². The van der Waals surface area contributed by atoms with Crippen LogP contribution in [0.3, 0.4) is 0 Å². The molecule has 0 aromatic rings. The maximum atomic E-state index is 11.7. The summed E-state index contributed by atoms with van der Waals surface area (Å²) < 4.78 is 0. The molecule has 1 heterocycles. The molecule has 29 heavy (non-hydrogen) atoms. The molecule has 0 saturated heterocycles. The summed E-state index contributed by atoms with van der Waals surface area (Å²) in [5.41, 5.74) is 3.66. The van der Waals surface area contributed by atoms with Gasteiger partial charge in [-0.1, -0.05) is 30.2 Å². The highest BCUT2D eigenvalue weighted by molar-refractivity contribution is 5.93. The first-order valence-electron chi connectivity index (χ1n) is 10.4. The van der Waals surface area contributed by atoms with Crippen LogP contribution in [0.25, 0.3) is 0 Å². The first-order chi connectivity index (χ1) is 13.7. The zero-order chi connectivity index (χ0) is 21.8. The molecule has 6 heteroatoms. The Morgan fingerprint density at radius 3 is 2.41 bits per heavy atom. The van der Waals surface area contributed by atoms with Crippen LogP contribution >= 0.6 is 0 Å². The average Bonchev–Trinajstić information content (AvgIpc) is 2.93. The van der Waals surface area contributed by atoms with Crippen LogP contribution < -0.4 is 0 Å². The lowest BCUT2D eigenvalue weighted by Crippen LogP contribution is -2.31. The molecule has 0 radical (unpaired) electrons. The highest BCUT2D eigenvalue weighted by Gasteiger charge is 2.22. The number of carbonyl (C=O) groups excluding carboxylic acids is 1. The first-order valence-corrected chi connectivity index (χ1v) is 10.4. The second-order valence-corrected chi connectivity index (χ2v) is 8.16. The van der Waals surface area contributed by atoms with Gasteiger partial charge in [-0.05, 0) is 70.3 Å². The van der Waals surface area contributed by atoms with Crippen molar-refractivity contribution in [2.45, 2.75) is 72.1 Å². The second-order valence-electron chi connectivity index (χ2n) is 8.16. The summed E-state index contributed by atoms with van der Waals surface area (Å²) in [4.78, 5) is 34.5. The molecule has 6 nitrogen and oxygen atoms in total. The van der Waals surface area contributed by atoms with Gasteiger partial charge in [0.25, 0.3) is 0 Å². The third kappa shape index (κ3) is 11.3. The summed E-state index contributed by atoms with van der Waals surface area (Å²) in [5, 5.41) is 17.6. The van der Waals surface area contributed by atoms with E-state index in [0.717, 1.165) is 50.5 Å². The number of amides is 1. The Morgan fingerprint density at radius 2 is 1.76 bits per heavy atom. The van der Waals surface area contributed by atoms with E-state index < -0.39 is 11.9 Å². The van der Waals surface area contributed by atoms with E-state index in [1.54, 1.807) is 6.08 Å². The molecule has 1 aliphatic rings. The van der Waals surface area contributed by atoms with Gasteiger partial charge in [0.2, 0.25) is 5.91 Å². The lowest BCUT2D eigenvalue weighted by molar-refractivity contribution is -0.142. The third-order valence-corrected chi connectivity index (χ3v) is 5.14. The Labute approximate surface area is 174 Å². The first kappa shape index (κ1) is 24.7. The van der Waals surface area contributed by atoms with Crippen molar-refractivity contribution in [1.82, 2.24) is 4.90 Å². The molecule has 0 saturated carbocycles. The number of carbonyl (C=O) groups is 3. The van der Waals surface area contributed by atoms with Crippen LogP contribution in [0.5, 0.6) is 0 Å². The predicted molar refractivity (Wildman–Crippen MR) is 114 cm³/mol. The van der Waals surface area contributed by atoms with Gasteiger partial charge in [-0.2, -0.15) is 0 Å². The Morgan fingerprint density at radius 1 is 1.10 bits per heavy atom. The zero-order valence-corrected chi connectivity index (χ0v) is 17.9. The fourth-order valence-corrected chi connectivity index (χ4v) is 3.47. The van der Waals surface area contributed by atoms with Crippen LogP contribution in [0.2, 0.25) is 0 Å². The Kier molecular flexibility index (Phi) is 11.0. The number of hydrogen-bond donors (Lipinski definition) is 2. The highest BCUT2D eigenvalue weighted by atomic mass is 16.4. The minimum atomic E-state index is -0.984. The van der Waals surface area contributed by atoms with E-state index >= 15 is 0 Å². The lowest BCUT2D eigenvalue weighted by Gasteiger charge is -2.13. The van der Waals surface area contributed by atoms with Crippen LogP contribution in [0.4, 0.5) is 0 Å². The summed E-state index contributed by atoms with van der Waals surface area (Å²) in [5.74, 6) is -1.68. The van der Waals surface area contributed by atoms with E-state index in [0.29, 0.717) is 6.54 Å². The van der Waals surface area contributed by atoms with E-state index in [1.807, 2.05) is 6.92 Å². The van der Waals surface area contributed by atoms with Gasteiger partial charge in [-0.15, -0.1) is 0 Å². The van der Waals surface area contributed by atoms with Gasteiger partial charge in [-0.25, -0.2) is 0 Å². The minimum Gasteiger partial charge on any atom is -0.481 e. The maximum Gasteiger partial charge on any atom is 0.323 e. The SMILES string of the molecule is C/C(=C\CCC1=CC(=O)N(CC(=O)O)C1)CC/C=C(\C)CCC[C@H](C)CC(=O)O. The molecule has 1 rings (SSSR count). The van der Waals surface area contributed by atoms with E-state index in [1.165, 1.54) is 16.0 Å². The number of aliphatic carboxylic acids is 2. The number of carboxylic acids is 2. The minimum absolute atomic E-state index is 0.207. The van der Waals surface area contributed by atoms with Gasteiger partial charge >= 0.3 is 11.9 Å².